The lowest BCUT2D eigenvalue weighted by molar-refractivity contribution is 0.0600. The van der Waals surface area contributed by atoms with Crippen molar-refractivity contribution in [1.82, 2.24) is 20.6 Å². The molecule has 27 heavy (non-hydrogen) atoms. The van der Waals surface area contributed by atoms with Crippen LogP contribution in [0.15, 0.2) is 54.7 Å². The average Bonchev–Trinajstić information content (AvgIpc) is 3.24. The summed E-state index contributed by atoms with van der Waals surface area (Å²) in [4.78, 5) is 11.5. The van der Waals surface area contributed by atoms with Gasteiger partial charge < -0.3 is 14.8 Å². The highest BCUT2D eigenvalue weighted by molar-refractivity contribution is 5.89. The van der Waals surface area contributed by atoms with Crippen LogP contribution in [0.2, 0.25) is 0 Å². The van der Waals surface area contributed by atoms with E-state index in [1.165, 1.54) is 13.3 Å². The first-order valence-electron chi connectivity index (χ1n) is 7.77. The lowest BCUT2D eigenvalue weighted by Gasteiger charge is -2.11. The van der Waals surface area contributed by atoms with E-state index >= 15 is 0 Å². The molecule has 0 aliphatic carbocycles. The number of esters is 1. The molecule has 0 radical (unpaired) electrons. The van der Waals surface area contributed by atoms with Crippen molar-refractivity contribution in [1.29, 1.82) is 5.26 Å². The summed E-state index contributed by atoms with van der Waals surface area (Å²) in [6.45, 7) is 0. The van der Waals surface area contributed by atoms with Gasteiger partial charge in [-0.2, -0.15) is 10.5 Å². The molecule has 0 aliphatic rings. The van der Waals surface area contributed by atoms with Gasteiger partial charge in [-0.05, 0) is 41.6 Å². The standard InChI is InChI=1S/C18H14N6O3/c1-26-18(25)12-6-8-14(9-7-12)27-16-5-3-2-4-15(16)20-11-13(10-19)17-21-23-24-22-17/h2-9,11,20H,1H3,(H,21,22,23,24). The van der Waals surface area contributed by atoms with Gasteiger partial charge in [0.1, 0.15) is 17.4 Å². The van der Waals surface area contributed by atoms with Crippen molar-refractivity contribution in [3.63, 3.8) is 0 Å². The Balaban J connectivity index is 1.78. The first kappa shape index (κ1) is 17.6. The molecule has 0 amide bonds. The number of hydrogen-bond acceptors (Lipinski definition) is 8. The van der Waals surface area contributed by atoms with E-state index in [9.17, 15) is 10.1 Å². The Morgan fingerprint density at radius 2 is 2.00 bits per heavy atom. The average molecular weight is 362 g/mol. The second-order valence-electron chi connectivity index (χ2n) is 5.16. The summed E-state index contributed by atoms with van der Waals surface area (Å²) < 4.78 is 10.5. The van der Waals surface area contributed by atoms with Gasteiger partial charge in [0, 0.05) is 6.20 Å². The fraction of sp³-hybridized carbons (Fsp3) is 0.0556. The first-order chi connectivity index (χ1) is 13.2. The number of nitriles is 1. The molecule has 3 aromatic rings. The fourth-order valence-corrected chi connectivity index (χ4v) is 2.15. The Bertz CT molecular complexity index is 991. The normalized spacial score (nSPS) is 10.7. The maximum atomic E-state index is 11.5. The number of benzene rings is 2. The molecule has 2 aromatic carbocycles. The van der Waals surface area contributed by atoms with E-state index in [-0.39, 0.29) is 11.4 Å². The SMILES string of the molecule is COC(=O)c1ccc(Oc2ccccc2NC=C(C#N)c2nn[nH]n2)cc1. The molecule has 9 nitrogen and oxygen atoms in total. The van der Waals surface area contributed by atoms with Crippen LogP contribution in [0.25, 0.3) is 5.57 Å². The maximum Gasteiger partial charge on any atom is 0.337 e. The summed E-state index contributed by atoms with van der Waals surface area (Å²) in [6, 6.07) is 15.8. The predicted octanol–water partition coefficient (Wildman–Crippen LogP) is 2.76. The van der Waals surface area contributed by atoms with Gasteiger partial charge in [-0.1, -0.05) is 12.1 Å². The molecule has 0 spiro atoms. The molecule has 0 bridgehead atoms. The molecule has 2 N–H and O–H groups in total. The zero-order valence-corrected chi connectivity index (χ0v) is 14.2. The molecule has 9 heteroatoms. The van der Waals surface area contributed by atoms with Crippen LogP contribution in [-0.4, -0.2) is 33.7 Å². The summed E-state index contributed by atoms with van der Waals surface area (Å²) >= 11 is 0. The first-order valence-corrected chi connectivity index (χ1v) is 7.77. The molecular weight excluding hydrogens is 348 g/mol. The van der Waals surface area contributed by atoms with Gasteiger partial charge in [-0.15, -0.1) is 10.2 Å². The van der Waals surface area contributed by atoms with Crippen LogP contribution in [0.3, 0.4) is 0 Å². The number of tetrazole rings is 1. The summed E-state index contributed by atoms with van der Waals surface area (Å²) in [5.41, 5.74) is 1.27. The second kappa shape index (κ2) is 8.26. The van der Waals surface area contributed by atoms with E-state index in [2.05, 4.69) is 30.7 Å². The lowest BCUT2D eigenvalue weighted by atomic mass is 10.2. The van der Waals surface area contributed by atoms with E-state index in [1.807, 2.05) is 18.2 Å². The van der Waals surface area contributed by atoms with Gasteiger partial charge >= 0.3 is 5.97 Å². The number of nitrogens with one attached hydrogen (secondary N) is 2. The number of anilines is 1. The topological polar surface area (TPSA) is 126 Å². The van der Waals surface area contributed by atoms with Crippen molar-refractivity contribution in [2.24, 2.45) is 0 Å². The third-order valence-electron chi connectivity index (χ3n) is 3.47. The lowest BCUT2D eigenvalue weighted by Crippen LogP contribution is -2.00. The Labute approximate surface area is 154 Å². The number of ether oxygens (including phenoxy) is 2. The smallest absolute Gasteiger partial charge is 0.337 e. The highest BCUT2D eigenvalue weighted by atomic mass is 16.5. The van der Waals surface area contributed by atoms with E-state index < -0.39 is 5.97 Å². The molecule has 134 valence electrons. The molecular formula is C18H14N6O3. The van der Waals surface area contributed by atoms with Crippen molar-refractivity contribution in [3.8, 4) is 17.6 Å². The van der Waals surface area contributed by atoms with Gasteiger partial charge in [-0.25, -0.2) is 4.79 Å². The maximum absolute atomic E-state index is 11.5. The third-order valence-corrected chi connectivity index (χ3v) is 3.47. The minimum atomic E-state index is -0.417. The molecule has 0 aliphatic heterocycles. The predicted molar refractivity (Wildman–Crippen MR) is 95.7 cm³/mol. The zero-order chi connectivity index (χ0) is 19.1. The van der Waals surface area contributed by atoms with Crippen LogP contribution >= 0.6 is 0 Å². The number of nitrogens with zero attached hydrogens (tertiary/aromatic N) is 4. The van der Waals surface area contributed by atoms with Gasteiger partial charge in [-0.3, -0.25) is 0 Å². The summed E-state index contributed by atoms with van der Waals surface area (Å²) in [5.74, 6) is 0.838. The quantitative estimate of drug-likeness (QED) is 0.506. The highest BCUT2D eigenvalue weighted by Crippen LogP contribution is 2.29. The Morgan fingerprint density at radius 1 is 1.22 bits per heavy atom. The molecule has 0 saturated carbocycles. The zero-order valence-electron chi connectivity index (χ0n) is 14.2. The summed E-state index contributed by atoms with van der Waals surface area (Å²) in [5, 5.41) is 25.5. The van der Waals surface area contributed by atoms with Gasteiger partial charge in [0.2, 0.25) is 5.82 Å². The van der Waals surface area contributed by atoms with Crippen molar-refractivity contribution >= 4 is 17.2 Å². The molecule has 1 aromatic heterocycles. The van der Waals surface area contributed by atoms with Crippen molar-refractivity contribution in [3.05, 3.63) is 66.1 Å². The number of para-hydroxylation sites is 2. The van der Waals surface area contributed by atoms with E-state index in [1.54, 1.807) is 36.4 Å². The van der Waals surface area contributed by atoms with Crippen LogP contribution in [0.4, 0.5) is 5.69 Å². The number of carbonyl (C=O) groups excluding carboxylic acids is 1. The Hall–Kier alpha value is -4.19. The molecule has 0 unspecified atom stereocenters. The third kappa shape index (κ3) is 4.26. The molecule has 0 atom stereocenters. The molecule has 3 rings (SSSR count). The van der Waals surface area contributed by atoms with Crippen LogP contribution in [0.1, 0.15) is 16.2 Å². The summed E-state index contributed by atoms with van der Waals surface area (Å²) in [6.07, 6.45) is 1.47. The number of aromatic nitrogens is 4. The van der Waals surface area contributed by atoms with Crippen molar-refractivity contribution in [2.75, 3.05) is 12.4 Å². The van der Waals surface area contributed by atoms with Crippen molar-refractivity contribution in [2.45, 2.75) is 0 Å². The number of H-pyrrole nitrogens is 1. The molecule has 1 heterocycles. The molecule has 0 fully saturated rings. The van der Waals surface area contributed by atoms with E-state index in [4.69, 9.17) is 4.74 Å². The summed E-state index contributed by atoms with van der Waals surface area (Å²) in [7, 11) is 1.33. The number of rotatable bonds is 6. The van der Waals surface area contributed by atoms with Crippen LogP contribution in [-0.2, 0) is 4.74 Å². The van der Waals surface area contributed by atoms with E-state index in [0.717, 1.165) is 0 Å². The number of methoxy groups -OCH3 is 1. The fourth-order valence-electron chi connectivity index (χ4n) is 2.15. The van der Waals surface area contributed by atoms with E-state index in [0.29, 0.717) is 22.7 Å². The monoisotopic (exact) mass is 362 g/mol. The van der Waals surface area contributed by atoms with Crippen molar-refractivity contribution < 1.29 is 14.3 Å². The Morgan fingerprint density at radius 3 is 2.67 bits per heavy atom. The molecule has 0 saturated heterocycles. The minimum absolute atomic E-state index is 0.182. The number of allylic oxidation sites excluding steroid dienone is 1. The van der Waals surface area contributed by atoms with Gasteiger partial charge in [0.25, 0.3) is 0 Å². The number of hydrogen-bond donors (Lipinski definition) is 2. The van der Waals surface area contributed by atoms with Gasteiger partial charge in [0.15, 0.2) is 5.75 Å². The highest BCUT2D eigenvalue weighted by Gasteiger charge is 2.09. The number of carbonyl (C=O) groups is 1. The minimum Gasteiger partial charge on any atom is -0.465 e. The number of aromatic amines is 1. The van der Waals surface area contributed by atoms with Crippen LogP contribution in [0.5, 0.6) is 11.5 Å². The van der Waals surface area contributed by atoms with Gasteiger partial charge in [0.05, 0.1) is 18.4 Å². The van der Waals surface area contributed by atoms with Crippen LogP contribution < -0.4 is 10.1 Å². The largest absolute Gasteiger partial charge is 0.465 e. The second-order valence-corrected chi connectivity index (χ2v) is 5.16. The Kier molecular flexibility index (Phi) is 5.39. The van der Waals surface area contributed by atoms with Crippen LogP contribution in [0, 0.1) is 11.3 Å².